The van der Waals surface area contributed by atoms with E-state index in [1.54, 1.807) is 6.92 Å². The lowest BCUT2D eigenvalue weighted by molar-refractivity contribution is -0.144. The summed E-state index contributed by atoms with van der Waals surface area (Å²) < 4.78 is 9.48. The fraction of sp³-hybridized carbons (Fsp3) is 0.909. The number of ether oxygens (including phenoxy) is 2. The molecular weight excluding hydrogens is 290 g/mol. The molecule has 1 rings (SSSR count). The van der Waals surface area contributed by atoms with E-state index in [1.165, 1.54) is 6.92 Å². The molecule has 0 amide bonds. The fourth-order valence-corrected chi connectivity index (χ4v) is 1.58. The minimum atomic E-state index is -1.12. The summed E-state index contributed by atoms with van der Waals surface area (Å²) in [5.41, 5.74) is 0. The Labute approximate surface area is 110 Å². The van der Waals surface area contributed by atoms with Crippen LogP contribution in [-0.2, 0) is 14.3 Å². The summed E-state index contributed by atoms with van der Waals surface area (Å²) in [5.74, 6) is -0.156. The second-order valence-corrected chi connectivity index (χ2v) is 5.96. The van der Waals surface area contributed by atoms with Gasteiger partial charge in [-0.2, -0.15) is 0 Å². The molecule has 0 spiro atoms. The molecule has 1 N–H and O–H groups in total. The van der Waals surface area contributed by atoms with Crippen molar-refractivity contribution in [3.8, 4) is 0 Å². The topological polar surface area (TPSA) is 59.0 Å². The fourth-order valence-electron chi connectivity index (χ4n) is 1.45. The molecule has 1 fully saturated rings. The molecule has 0 bridgehead atoms. The van der Waals surface area contributed by atoms with Crippen LogP contribution < -0.4 is 0 Å². The quantitative estimate of drug-likeness (QED) is 0.568. The van der Waals surface area contributed by atoms with Gasteiger partial charge in [0.05, 0.1) is 19.8 Å². The predicted octanol–water partition coefficient (Wildman–Crippen LogP) is 0.396. The number of carbonyl (C=O) groups is 1. The Morgan fingerprint density at radius 1 is 1.59 bits per heavy atom. The van der Waals surface area contributed by atoms with Crippen molar-refractivity contribution in [2.75, 3.05) is 39.5 Å². The standard InChI is InChI=1S/C11H20BrNO4/c1-9(14)11(2,12)10(15)17-8-5-13-3-6-16-7-4-13/h10,15H,3-8H2,1-2H3. The molecule has 0 saturated carbocycles. The summed E-state index contributed by atoms with van der Waals surface area (Å²) in [4.78, 5) is 13.5. The first-order chi connectivity index (χ1) is 7.94. The Hall–Kier alpha value is -0.0100. The summed E-state index contributed by atoms with van der Waals surface area (Å²) in [6, 6.07) is 0. The lowest BCUT2D eigenvalue weighted by Gasteiger charge is -2.29. The smallest absolute Gasteiger partial charge is 0.176 e. The third-order valence-electron chi connectivity index (χ3n) is 2.94. The molecule has 1 saturated heterocycles. The molecule has 0 radical (unpaired) electrons. The van der Waals surface area contributed by atoms with Crippen molar-refractivity contribution in [3.63, 3.8) is 0 Å². The zero-order valence-corrected chi connectivity index (χ0v) is 11.9. The highest BCUT2D eigenvalue weighted by atomic mass is 79.9. The summed E-state index contributed by atoms with van der Waals surface area (Å²) in [5, 5.41) is 9.74. The van der Waals surface area contributed by atoms with E-state index in [1.807, 2.05) is 0 Å². The maximum absolute atomic E-state index is 11.3. The molecule has 5 nitrogen and oxygen atoms in total. The van der Waals surface area contributed by atoms with Gasteiger partial charge in [0.25, 0.3) is 0 Å². The molecule has 6 heteroatoms. The Morgan fingerprint density at radius 3 is 2.71 bits per heavy atom. The molecule has 100 valence electrons. The van der Waals surface area contributed by atoms with E-state index in [4.69, 9.17) is 9.47 Å². The van der Waals surface area contributed by atoms with E-state index in [0.717, 1.165) is 32.8 Å². The number of carbonyl (C=O) groups excluding carboxylic acids is 1. The highest BCUT2D eigenvalue weighted by Crippen LogP contribution is 2.23. The molecule has 0 aromatic heterocycles. The third-order valence-corrected chi connectivity index (χ3v) is 3.89. The Balaban J connectivity index is 2.23. The van der Waals surface area contributed by atoms with Crippen LogP contribution >= 0.6 is 15.9 Å². The largest absolute Gasteiger partial charge is 0.379 e. The summed E-state index contributed by atoms with van der Waals surface area (Å²) >= 11 is 3.18. The number of aliphatic hydroxyl groups is 1. The molecular formula is C11H20BrNO4. The van der Waals surface area contributed by atoms with Crippen LogP contribution in [0.1, 0.15) is 13.8 Å². The van der Waals surface area contributed by atoms with Gasteiger partial charge >= 0.3 is 0 Å². The van der Waals surface area contributed by atoms with E-state index in [0.29, 0.717) is 6.61 Å². The van der Waals surface area contributed by atoms with Crippen LogP contribution in [0, 0.1) is 0 Å². The monoisotopic (exact) mass is 309 g/mol. The van der Waals surface area contributed by atoms with Gasteiger partial charge in [-0.3, -0.25) is 9.69 Å². The summed E-state index contributed by atoms with van der Waals surface area (Å²) in [6.45, 7) is 7.42. The van der Waals surface area contributed by atoms with Crippen LogP contribution in [0.2, 0.25) is 0 Å². The van der Waals surface area contributed by atoms with E-state index < -0.39 is 10.6 Å². The van der Waals surface area contributed by atoms with Crippen LogP contribution in [0.15, 0.2) is 0 Å². The SMILES string of the molecule is CC(=O)C(C)(Br)C(O)OCCN1CCOCC1. The van der Waals surface area contributed by atoms with Crippen LogP contribution in [0.5, 0.6) is 0 Å². The van der Waals surface area contributed by atoms with Crippen LogP contribution in [-0.4, -0.2) is 65.9 Å². The lowest BCUT2D eigenvalue weighted by Crippen LogP contribution is -2.44. The van der Waals surface area contributed by atoms with Gasteiger partial charge in [0.1, 0.15) is 4.32 Å². The van der Waals surface area contributed by atoms with Crippen molar-refractivity contribution >= 4 is 21.7 Å². The molecule has 2 unspecified atom stereocenters. The number of hydrogen-bond donors (Lipinski definition) is 1. The minimum absolute atomic E-state index is 0.156. The summed E-state index contributed by atoms with van der Waals surface area (Å²) in [6.07, 6.45) is -1.12. The number of rotatable bonds is 6. The Bertz CT molecular complexity index is 254. The van der Waals surface area contributed by atoms with Crippen molar-refractivity contribution < 1.29 is 19.4 Å². The van der Waals surface area contributed by atoms with Crippen LogP contribution in [0.4, 0.5) is 0 Å². The van der Waals surface area contributed by atoms with Crippen molar-refractivity contribution in [3.05, 3.63) is 0 Å². The van der Waals surface area contributed by atoms with Gasteiger partial charge in [-0.05, 0) is 13.8 Å². The van der Waals surface area contributed by atoms with Crippen molar-refractivity contribution in [2.45, 2.75) is 24.5 Å². The number of hydrogen-bond acceptors (Lipinski definition) is 5. The second kappa shape index (κ2) is 6.80. The zero-order valence-electron chi connectivity index (χ0n) is 10.3. The Morgan fingerprint density at radius 2 is 2.18 bits per heavy atom. The number of morpholine rings is 1. The molecule has 1 aliphatic heterocycles. The van der Waals surface area contributed by atoms with Crippen LogP contribution in [0.3, 0.4) is 0 Å². The maximum atomic E-state index is 11.3. The van der Waals surface area contributed by atoms with Gasteiger partial charge < -0.3 is 14.6 Å². The van der Waals surface area contributed by atoms with E-state index in [-0.39, 0.29) is 5.78 Å². The van der Waals surface area contributed by atoms with Gasteiger partial charge in [-0.1, -0.05) is 15.9 Å². The average Bonchev–Trinajstić information content (AvgIpc) is 2.30. The number of nitrogens with zero attached hydrogens (tertiary/aromatic N) is 1. The minimum Gasteiger partial charge on any atom is -0.379 e. The molecule has 2 atom stereocenters. The molecule has 17 heavy (non-hydrogen) atoms. The number of alkyl halides is 1. The summed E-state index contributed by atoms with van der Waals surface area (Å²) in [7, 11) is 0. The molecule has 1 heterocycles. The Kier molecular flexibility index (Phi) is 6.02. The number of aliphatic hydroxyl groups excluding tert-OH is 1. The highest BCUT2D eigenvalue weighted by Gasteiger charge is 2.35. The van der Waals surface area contributed by atoms with Gasteiger partial charge in [0, 0.05) is 19.6 Å². The molecule has 0 aromatic carbocycles. The van der Waals surface area contributed by atoms with Gasteiger partial charge in [-0.15, -0.1) is 0 Å². The normalized spacial score (nSPS) is 23.1. The van der Waals surface area contributed by atoms with E-state index in [9.17, 15) is 9.90 Å². The molecule has 0 aromatic rings. The van der Waals surface area contributed by atoms with E-state index >= 15 is 0 Å². The first-order valence-electron chi connectivity index (χ1n) is 5.74. The average molecular weight is 310 g/mol. The first-order valence-corrected chi connectivity index (χ1v) is 6.53. The first kappa shape index (κ1) is 15.0. The third kappa shape index (κ3) is 4.63. The predicted molar refractivity (Wildman–Crippen MR) is 67.2 cm³/mol. The lowest BCUT2D eigenvalue weighted by atomic mass is 10.1. The highest BCUT2D eigenvalue weighted by molar-refractivity contribution is 9.10. The molecule has 0 aliphatic carbocycles. The van der Waals surface area contributed by atoms with Gasteiger partial charge in [0.15, 0.2) is 12.1 Å². The number of halogens is 1. The number of ketones is 1. The number of Topliss-reactive ketones (excluding diaryl/α,β-unsaturated/α-hetero) is 1. The van der Waals surface area contributed by atoms with Crippen molar-refractivity contribution in [2.24, 2.45) is 0 Å². The van der Waals surface area contributed by atoms with Crippen LogP contribution in [0.25, 0.3) is 0 Å². The van der Waals surface area contributed by atoms with E-state index in [2.05, 4.69) is 20.8 Å². The zero-order chi connectivity index (χ0) is 12.9. The van der Waals surface area contributed by atoms with Gasteiger partial charge in [0.2, 0.25) is 0 Å². The second-order valence-electron chi connectivity index (χ2n) is 4.31. The molecule has 1 aliphatic rings. The van der Waals surface area contributed by atoms with Gasteiger partial charge in [-0.25, -0.2) is 0 Å². The van der Waals surface area contributed by atoms with Crippen molar-refractivity contribution in [1.29, 1.82) is 0 Å². The van der Waals surface area contributed by atoms with Crippen molar-refractivity contribution in [1.82, 2.24) is 4.90 Å². The maximum Gasteiger partial charge on any atom is 0.176 e.